The second-order valence-corrected chi connectivity index (χ2v) is 5.89. The number of nitrogens with one attached hydrogen (secondary N) is 1. The normalized spacial score (nSPS) is 24.4. The maximum Gasteiger partial charge on any atom is 0.0700 e. The Morgan fingerprint density at radius 2 is 2.13 bits per heavy atom. The van der Waals surface area contributed by atoms with Crippen molar-refractivity contribution in [1.82, 2.24) is 5.32 Å². The van der Waals surface area contributed by atoms with Crippen molar-refractivity contribution < 1.29 is 4.74 Å². The van der Waals surface area contributed by atoms with Crippen LogP contribution in [0.15, 0.2) is 0 Å². The molecule has 2 heteroatoms. The van der Waals surface area contributed by atoms with E-state index in [0.29, 0.717) is 11.5 Å². The van der Waals surface area contributed by atoms with Crippen molar-refractivity contribution >= 4 is 0 Å². The third-order valence-corrected chi connectivity index (χ3v) is 3.63. The summed E-state index contributed by atoms with van der Waals surface area (Å²) in [7, 11) is 0. The van der Waals surface area contributed by atoms with E-state index in [0.717, 1.165) is 25.6 Å². The minimum atomic E-state index is 0.436. The lowest BCUT2D eigenvalue weighted by Crippen LogP contribution is -2.29. The quantitative estimate of drug-likeness (QED) is 0.709. The second kappa shape index (κ2) is 5.86. The summed E-state index contributed by atoms with van der Waals surface area (Å²) in [5.41, 5.74) is 0.436. The highest BCUT2D eigenvalue weighted by atomic mass is 16.5. The largest absolute Gasteiger partial charge is 0.377 e. The van der Waals surface area contributed by atoms with Gasteiger partial charge in [-0.15, -0.1) is 0 Å². The summed E-state index contributed by atoms with van der Waals surface area (Å²) in [4.78, 5) is 0. The fourth-order valence-corrected chi connectivity index (χ4v) is 1.82. The molecule has 1 rings (SSSR count). The van der Waals surface area contributed by atoms with Crippen LogP contribution >= 0.6 is 0 Å². The minimum absolute atomic E-state index is 0.436. The third kappa shape index (κ3) is 4.98. The van der Waals surface area contributed by atoms with Gasteiger partial charge in [0.1, 0.15) is 0 Å². The van der Waals surface area contributed by atoms with Gasteiger partial charge in [0.2, 0.25) is 0 Å². The number of hydrogen-bond acceptors (Lipinski definition) is 2. The molecule has 0 spiro atoms. The van der Waals surface area contributed by atoms with Crippen molar-refractivity contribution in [2.75, 3.05) is 19.7 Å². The highest BCUT2D eigenvalue weighted by Crippen LogP contribution is 2.27. The smallest absolute Gasteiger partial charge is 0.0700 e. The Labute approximate surface area is 94.8 Å². The Morgan fingerprint density at radius 3 is 2.67 bits per heavy atom. The predicted molar refractivity (Wildman–Crippen MR) is 65.1 cm³/mol. The molecule has 0 radical (unpaired) electrons. The van der Waals surface area contributed by atoms with Crippen LogP contribution in [0, 0.1) is 11.3 Å². The molecule has 2 unspecified atom stereocenters. The molecule has 0 aromatic rings. The summed E-state index contributed by atoms with van der Waals surface area (Å²) in [5.74, 6) is 0.773. The molecule has 2 atom stereocenters. The first-order chi connectivity index (χ1) is 7.00. The first-order valence-electron chi connectivity index (χ1n) is 6.32. The fourth-order valence-electron chi connectivity index (χ4n) is 1.82. The molecular weight excluding hydrogens is 186 g/mol. The zero-order valence-corrected chi connectivity index (χ0v) is 10.8. The van der Waals surface area contributed by atoms with Gasteiger partial charge in [-0.05, 0) is 37.1 Å². The van der Waals surface area contributed by atoms with Crippen LogP contribution in [0.4, 0.5) is 0 Å². The van der Waals surface area contributed by atoms with E-state index < -0.39 is 0 Å². The molecule has 0 aromatic carbocycles. The lowest BCUT2D eigenvalue weighted by molar-refractivity contribution is 0.109. The molecule has 0 amide bonds. The van der Waals surface area contributed by atoms with E-state index in [-0.39, 0.29) is 0 Å². The molecule has 1 aliphatic rings. The average molecular weight is 213 g/mol. The summed E-state index contributed by atoms with van der Waals surface area (Å²) in [6, 6.07) is 0. The molecule has 1 saturated heterocycles. The lowest BCUT2D eigenvalue weighted by atomic mass is 9.80. The molecule has 1 N–H and O–H groups in total. The van der Waals surface area contributed by atoms with E-state index in [1.165, 1.54) is 19.3 Å². The van der Waals surface area contributed by atoms with E-state index in [1.807, 2.05) is 0 Å². The average Bonchev–Trinajstić information content (AvgIpc) is 2.63. The van der Waals surface area contributed by atoms with Crippen LogP contribution in [0.5, 0.6) is 0 Å². The summed E-state index contributed by atoms with van der Waals surface area (Å²) < 4.78 is 5.56. The standard InChI is InChI=1S/C13H27NO/c1-11(13(2,3)4)7-8-14-10-12-6-5-9-15-12/h11-12,14H,5-10H2,1-4H3. The Hall–Kier alpha value is -0.0800. The highest BCUT2D eigenvalue weighted by Gasteiger charge is 2.19. The van der Waals surface area contributed by atoms with Crippen molar-refractivity contribution in [2.45, 2.75) is 53.1 Å². The van der Waals surface area contributed by atoms with Gasteiger partial charge >= 0.3 is 0 Å². The summed E-state index contributed by atoms with van der Waals surface area (Å²) >= 11 is 0. The van der Waals surface area contributed by atoms with Crippen LogP contribution in [0.3, 0.4) is 0 Å². The van der Waals surface area contributed by atoms with Gasteiger partial charge in [-0.25, -0.2) is 0 Å². The molecule has 15 heavy (non-hydrogen) atoms. The molecule has 0 bridgehead atoms. The zero-order chi connectivity index (χ0) is 11.3. The van der Waals surface area contributed by atoms with E-state index in [2.05, 4.69) is 33.0 Å². The molecular formula is C13H27NO. The molecule has 0 aromatic heterocycles. The van der Waals surface area contributed by atoms with Gasteiger partial charge in [-0.3, -0.25) is 0 Å². The summed E-state index contributed by atoms with van der Waals surface area (Å²) in [5, 5.41) is 3.51. The number of hydrogen-bond donors (Lipinski definition) is 1. The summed E-state index contributed by atoms with van der Waals surface area (Å²) in [6.45, 7) is 12.4. The molecule has 0 saturated carbocycles. The van der Waals surface area contributed by atoms with E-state index in [1.54, 1.807) is 0 Å². The van der Waals surface area contributed by atoms with Gasteiger partial charge < -0.3 is 10.1 Å². The molecule has 1 heterocycles. The first-order valence-corrected chi connectivity index (χ1v) is 6.32. The van der Waals surface area contributed by atoms with Gasteiger partial charge in [-0.2, -0.15) is 0 Å². The molecule has 1 fully saturated rings. The van der Waals surface area contributed by atoms with Gasteiger partial charge in [-0.1, -0.05) is 27.7 Å². The van der Waals surface area contributed by atoms with Crippen molar-refractivity contribution in [3.63, 3.8) is 0 Å². The van der Waals surface area contributed by atoms with Crippen LogP contribution in [0.1, 0.15) is 47.0 Å². The predicted octanol–water partition coefficient (Wildman–Crippen LogP) is 2.83. The van der Waals surface area contributed by atoms with Crippen LogP contribution in [0.2, 0.25) is 0 Å². The van der Waals surface area contributed by atoms with Crippen LogP contribution < -0.4 is 5.32 Å². The van der Waals surface area contributed by atoms with Crippen LogP contribution in [0.25, 0.3) is 0 Å². The molecule has 2 nitrogen and oxygen atoms in total. The van der Waals surface area contributed by atoms with E-state index in [9.17, 15) is 0 Å². The lowest BCUT2D eigenvalue weighted by Gasteiger charge is -2.27. The van der Waals surface area contributed by atoms with Crippen molar-refractivity contribution in [1.29, 1.82) is 0 Å². The minimum Gasteiger partial charge on any atom is -0.377 e. The molecule has 90 valence electrons. The first kappa shape index (κ1) is 13.0. The Balaban J connectivity index is 2.01. The van der Waals surface area contributed by atoms with Gasteiger partial charge in [0, 0.05) is 13.2 Å². The van der Waals surface area contributed by atoms with Crippen molar-refractivity contribution in [2.24, 2.45) is 11.3 Å². The maximum absolute atomic E-state index is 5.56. The second-order valence-electron chi connectivity index (χ2n) is 5.89. The SMILES string of the molecule is CC(CCNCC1CCCO1)C(C)(C)C. The molecule has 1 aliphatic heterocycles. The van der Waals surface area contributed by atoms with Crippen LogP contribution in [-0.2, 0) is 4.74 Å². The van der Waals surface area contributed by atoms with Gasteiger partial charge in [0.05, 0.1) is 6.10 Å². The fraction of sp³-hybridized carbons (Fsp3) is 1.00. The number of ether oxygens (including phenoxy) is 1. The third-order valence-electron chi connectivity index (χ3n) is 3.63. The zero-order valence-electron chi connectivity index (χ0n) is 10.8. The van der Waals surface area contributed by atoms with E-state index >= 15 is 0 Å². The Bertz CT molecular complexity index is 168. The molecule has 0 aliphatic carbocycles. The van der Waals surface area contributed by atoms with Gasteiger partial charge in [0.25, 0.3) is 0 Å². The summed E-state index contributed by atoms with van der Waals surface area (Å²) in [6.07, 6.45) is 4.22. The van der Waals surface area contributed by atoms with Crippen LogP contribution in [-0.4, -0.2) is 25.8 Å². The monoisotopic (exact) mass is 213 g/mol. The Kier molecular flexibility index (Phi) is 5.07. The van der Waals surface area contributed by atoms with E-state index in [4.69, 9.17) is 4.74 Å². The van der Waals surface area contributed by atoms with Crippen molar-refractivity contribution in [3.8, 4) is 0 Å². The van der Waals surface area contributed by atoms with Crippen molar-refractivity contribution in [3.05, 3.63) is 0 Å². The topological polar surface area (TPSA) is 21.3 Å². The van der Waals surface area contributed by atoms with Gasteiger partial charge in [0.15, 0.2) is 0 Å². The Morgan fingerprint density at radius 1 is 1.40 bits per heavy atom. The maximum atomic E-state index is 5.56. The highest BCUT2D eigenvalue weighted by molar-refractivity contribution is 4.72. The number of rotatable bonds is 5.